The number of nitrogens with zero attached hydrogens (tertiary/aromatic N) is 2. The summed E-state index contributed by atoms with van der Waals surface area (Å²) in [7, 11) is 3.14. The number of thioether (sulfide) groups is 1. The molecule has 1 heterocycles. The Labute approximate surface area is 199 Å². The van der Waals surface area contributed by atoms with Crippen LogP contribution in [0.4, 0.5) is 19.0 Å². The van der Waals surface area contributed by atoms with Crippen molar-refractivity contribution in [3.8, 4) is 17.2 Å². The standard InChI is InChI=1S/C25H22F3N3O2S/c1-32-22-11-6-16(12-23(22)33-2)13-29-24-14-30-25(31(24)18-9-7-17(26)8-10-18)34-15-19-20(27)4-3-5-21(19)28/h3-12,14,29H,13,15H2,1-2H3. The third-order valence-corrected chi connectivity index (χ3v) is 6.12. The maximum Gasteiger partial charge on any atom is 0.174 e. The van der Waals surface area contributed by atoms with Gasteiger partial charge in [0.1, 0.15) is 23.3 Å². The first kappa shape index (κ1) is 23.6. The first-order chi connectivity index (χ1) is 16.5. The van der Waals surface area contributed by atoms with Crippen LogP contribution < -0.4 is 14.8 Å². The highest BCUT2D eigenvalue weighted by molar-refractivity contribution is 7.98. The quantitative estimate of drug-likeness (QED) is 0.286. The highest BCUT2D eigenvalue weighted by Crippen LogP contribution is 2.31. The zero-order valence-corrected chi connectivity index (χ0v) is 19.3. The molecule has 0 atom stereocenters. The molecule has 0 radical (unpaired) electrons. The molecule has 1 N–H and O–H groups in total. The second-order valence-corrected chi connectivity index (χ2v) is 8.21. The van der Waals surface area contributed by atoms with Gasteiger partial charge in [0.25, 0.3) is 0 Å². The number of hydrogen-bond donors (Lipinski definition) is 1. The van der Waals surface area contributed by atoms with Crippen molar-refractivity contribution < 1.29 is 22.6 Å². The van der Waals surface area contributed by atoms with Gasteiger partial charge in [-0.15, -0.1) is 0 Å². The number of benzene rings is 3. The normalized spacial score (nSPS) is 10.9. The van der Waals surface area contributed by atoms with Gasteiger partial charge in [0.05, 0.1) is 20.4 Å². The monoisotopic (exact) mass is 485 g/mol. The molecule has 34 heavy (non-hydrogen) atoms. The van der Waals surface area contributed by atoms with E-state index in [2.05, 4.69) is 10.3 Å². The predicted octanol–water partition coefficient (Wildman–Crippen LogP) is 6.21. The topological polar surface area (TPSA) is 48.3 Å². The van der Waals surface area contributed by atoms with E-state index in [1.807, 2.05) is 18.2 Å². The first-order valence-electron chi connectivity index (χ1n) is 10.3. The zero-order chi connectivity index (χ0) is 24.1. The molecular weight excluding hydrogens is 463 g/mol. The number of rotatable bonds is 9. The van der Waals surface area contributed by atoms with Crippen LogP contribution in [0, 0.1) is 17.5 Å². The molecule has 0 saturated heterocycles. The Morgan fingerprint density at radius 1 is 0.912 bits per heavy atom. The van der Waals surface area contributed by atoms with E-state index in [0.717, 1.165) is 5.56 Å². The molecule has 1 aromatic heterocycles. The summed E-state index contributed by atoms with van der Waals surface area (Å²) in [6.45, 7) is 0.444. The van der Waals surface area contributed by atoms with Gasteiger partial charge < -0.3 is 14.8 Å². The molecule has 176 valence electrons. The Hall–Kier alpha value is -3.59. The van der Waals surface area contributed by atoms with Crippen LogP contribution in [0.1, 0.15) is 11.1 Å². The van der Waals surface area contributed by atoms with E-state index in [1.54, 1.807) is 37.1 Å². The molecule has 4 rings (SSSR count). The fourth-order valence-electron chi connectivity index (χ4n) is 3.39. The summed E-state index contributed by atoms with van der Waals surface area (Å²) in [6.07, 6.45) is 1.63. The number of hydrogen-bond acceptors (Lipinski definition) is 5. The van der Waals surface area contributed by atoms with E-state index in [0.29, 0.717) is 34.7 Å². The van der Waals surface area contributed by atoms with Crippen LogP contribution in [0.2, 0.25) is 0 Å². The van der Waals surface area contributed by atoms with Crippen molar-refractivity contribution in [3.05, 3.63) is 95.4 Å². The van der Waals surface area contributed by atoms with Crippen molar-refractivity contribution in [2.45, 2.75) is 17.5 Å². The fourth-order valence-corrected chi connectivity index (χ4v) is 4.40. The average Bonchev–Trinajstić information content (AvgIpc) is 3.25. The summed E-state index contributed by atoms with van der Waals surface area (Å²) < 4.78 is 54.2. The average molecular weight is 486 g/mol. The molecule has 0 spiro atoms. The third-order valence-electron chi connectivity index (χ3n) is 5.14. The van der Waals surface area contributed by atoms with Crippen LogP contribution >= 0.6 is 11.8 Å². The Morgan fingerprint density at radius 2 is 1.62 bits per heavy atom. The summed E-state index contributed by atoms with van der Waals surface area (Å²) in [4.78, 5) is 4.44. The van der Waals surface area contributed by atoms with Crippen LogP contribution in [0.3, 0.4) is 0 Å². The molecule has 0 saturated carbocycles. The van der Waals surface area contributed by atoms with E-state index in [1.165, 1.54) is 42.1 Å². The van der Waals surface area contributed by atoms with Crippen molar-refractivity contribution in [1.82, 2.24) is 9.55 Å². The lowest BCUT2D eigenvalue weighted by Gasteiger charge is -2.14. The van der Waals surface area contributed by atoms with E-state index in [-0.39, 0.29) is 17.1 Å². The molecular formula is C25H22F3N3O2S. The minimum Gasteiger partial charge on any atom is -0.493 e. The van der Waals surface area contributed by atoms with Crippen LogP contribution in [0.15, 0.2) is 72.0 Å². The summed E-state index contributed by atoms with van der Waals surface area (Å²) >= 11 is 1.18. The summed E-state index contributed by atoms with van der Waals surface area (Å²) in [5, 5.41) is 3.83. The predicted molar refractivity (Wildman–Crippen MR) is 126 cm³/mol. The lowest BCUT2D eigenvalue weighted by atomic mass is 10.2. The van der Waals surface area contributed by atoms with Gasteiger partial charge in [-0.3, -0.25) is 4.57 Å². The summed E-state index contributed by atoms with van der Waals surface area (Å²) in [6, 6.07) is 15.3. The SMILES string of the molecule is COc1ccc(CNc2cnc(SCc3c(F)cccc3F)n2-c2ccc(F)cc2)cc1OC. The third kappa shape index (κ3) is 5.14. The molecule has 0 aliphatic heterocycles. The van der Waals surface area contributed by atoms with Gasteiger partial charge in [-0.05, 0) is 54.1 Å². The van der Waals surface area contributed by atoms with Crippen molar-refractivity contribution in [1.29, 1.82) is 0 Å². The van der Waals surface area contributed by atoms with Gasteiger partial charge in [-0.2, -0.15) is 0 Å². The molecule has 3 aromatic carbocycles. The zero-order valence-electron chi connectivity index (χ0n) is 18.5. The minimum atomic E-state index is -0.612. The number of nitrogens with one attached hydrogen (secondary N) is 1. The van der Waals surface area contributed by atoms with Crippen molar-refractivity contribution in [3.63, 3.8) is 0 Å². The maximum absolute atomic E-state index is 14.1. The molecule has 0 unspecified atom stereocenters. The van der Waals surface area contributed by atoms with Gasteiger partial charge >= 0.3 is 0 Å². The van der Waals surface area contributed by atoms with Gasteiger partial charge in [0.15, 0.2) is 16.7 Å². The van der Waals surface area contributed by atoms with Gasteiger partial charge in [0, 0.05) is 23.5 Å². The van der Waals surface area contributed by atoms with Crippen molar-refractivity contribution in [2.24, 2.45) is 0 Å². The molecule has 0 amide bonds. The van der Waals surface area contributed by atoms with Crippen LogP contribution in [-0.4, -0.2) is 23.8 Å². The fraction of sp³-hybridized carbons (Fsp3) is 0.160. The van der Waals surface area contributed by atoms with E-state index >= 15 is 0 Å². The Bertz CT molecular complexity index is 1260. The Balaban J connectivity index is 1.61. The van der Waals surface area contributed by atoms with Gasteiger partial charge in [-0.1, -0.05) is 23.9 Å². The largest absolute Gasteiger partial charge is 0.493 e. The molecule has 9 heteroatoms. The van der Waals surface area contributed by atoms with Gasteiger partial charge in [-0.25, -0.2) is 18.2 Å². The lowest BCUT2D eigenvalue weighted by molar-refractivity contribution is 0.354. The molecule has 0 aliphatic rings. The lowest BCUT2D eigenvalue weighted by Crippen LogP contribution is -2.07. The van der Waals surface area contributed by atoms with Crippen LogP contribution in [0.5, 0.6) is 11.5 Å². The van der Waals surface area contributed by atoms with E-state index < -0.39 is 11.6 Å². The minimum absolute atomic E-state index is 0.0269. The number of imidazole rings is 1. The van der Waals surface area contributed by atoms with E-state index in [4.69, 9.17) is 9.47 Å². The summed E-state index contributed by atoms with van der Waals surface area (Å²) in [5.41, 5.74) is 1.57. The smallest absolute Gasteiger partial charge is 0.174 e. The Kier molecular flexibility index (Phi) is 7.32. The maximum atomic E-state index is 14.1. The van der Waals surface area contributed by atoms with Crippen molar-refractivity contribution in [2.75, 3.05) is 19.5 Å². The Morgan fingerprint density at radius 3 is 2.29 bits per heavy atom. The second-order valence-electron chi connectivity index (χ2n) is 7.27. The number of halogens is 3. The first-order valence-corrected chi connectivity index (χ1v) is 11.3. The molecule has 5 nitrogen and oxygen atoms in total. The van der Waals surface area contributed by atoms with Crippen LogP contribution in [0.25, 0.3) is 5.69 Å². The molecule has 0 aliphatic carbocycles. The number of methoxy groups -OCH3 is 2. The highest BCUT2D eigenvalue weighted by Gasteiger charge is 2.16. The molecule has 0 fully saturated rings. The number of aromatic nitrogens is 2. The van der Waals surface area contributed by atoms with E-state index in [9.17, 15) is 13.2 Å². The van der Waals surface area contributed by atoms with Gasteiger partial charge in [0.2, 0.25) is 0 Å². The number of anilines is 1. The number of ether oxygens (including phenoxy) is 2. The molecule has 4 aromatic rings. The van der Waals surface area contributed by atoms with Crippen molar-refractivity contribution >= 4 is 17.6 Å². The van der Waals surface area contributed by atoms with Crippen LogP contribution in [-0.2, 0) is 12.3 Å². The second kappa shape index (κ2) is 10.6. The summed E-state index contributed by atoms with van der Waals surface area (Å²) in [5.74, 6) is 0.326. The highest BCUT2D eigenvalue weighted by atomic mass is 32.2. The molecule has 0 bridgehead atoms.